The number of rotatable bonds is 4. The van der Waals surface area contributed by atoms with Gasteiger partial charge in [-0.25, -0.2) is 9.97 Å². The summed E-state index contributed by atoms with van der Waals surface area (Å²) in [5.74, 6) is 2.42. The summed E-state index contributed by atoms with van der Waals surface area (Å²) in [6.45, 7) is 0. The maximum absolute atomic E-state index is 5.78. The first-order valence-electron chi connectivity index (χ1n) is 10.4. The number of halogens is 1. The number of ether oxygens (including phenoxy) is 2. The Balaban J connectivity index is 0.000000145. The molecule has 4 aromatic heterocycles. The van der Waals surface area contributed by atoms with Crippen LogP contribution in [-0.2, 0) is 0 Å². The molecule has 10 nitrogen and oxygen atoms in total. The van der Waals surface area contributed by atoms with E-state index in [1.165, 1.54) is 6.07 Å². The van der Waals surface area contributed by atoms with E-state index >= 15 is 0 Å². The molecule has 0 amide bonds. The number of nitrogens with zero attached hydrogens (tertiary/aromatic N) is 4. The highest BCUT2D eigenvalue weighted by Crippen LogP contribution is 2.26. The average Bonchev–Trinajstić information content (AvgIpc) is 3.47. The molecule has 2 aromatic carbocycles. The average molecular weight is 487 g/mol. The molecule has 0 aliphatic heterocycles. The highest BCUT2D eigenvalue weighted by atomic mass is 35.5. The van der Waals surface area contributed by atoms with Crippen LogP contribution in [0.2, 0.25) is 5.15 Å². The zero-order chi connectivity index (χ0) is 24.2. The molecule has 11 heteroatoms. The molecule has 0 aliphatic rings. The van der Waals surface area contributed by atoms with Gasteiger partial charge in [-0.2, -0.15) is 9.97 Å². The Morgan fingerprint density at radius 3 is 1.86 bits per heavy atom. The molecule has 0 saturated heterocycles. The summed E-state index contributed by atoms with van der Waals surface area (Å²) in [7, 11) is 0. The van der Waals surface area contributed by atoms with Crippen LogP contribution in [0.4, 0.5) is 11.9 Å². The number of aromatic nitrogens is 6. The summed E-state index contributed by atoms with van der Waals surface area (Å²) < 4.78 is 11.2. The third-order valence-corrected chi connectivity index (χ3v) is 5.03. The third kappa shape index (κ3) is 5.40. The molecule has 35 heavy (non-hydrogen) atoms. The summed E-state index contributed by atoms with van der Waals surface area (Å²) in [5, 5.41) is 2.39. The number of hydrogen-bond donors (Lipinski definition) is 4. The summed E-state index contributed by atoms with van der Waals surface area (Å²) in [5.41, 5.74) is 13.1. The van der Waals surface area contributed by atoms with Crippen molar-refractivity contribution < 1.29 is 9.47 Å². The third-order valence-electron chi connectivity index (χ3n) is 4.83. The number of aromatic amines is 2. The molecule has 0 aliphatic carbocycles. The fraction of sp³-hybridized carbons (Fsp3) is 0. The van der Waals surface area contributed by atoms with Gasteiger partial charge in [0, 0.05) is 52.5 Å². The molecule has 0 spiro atoms. The molecule has 0 unspecified atom stereocenters. The first-order chi connectivity index (χ1) is 17.0. The van der Waals surface area contributed by atoms with Gasteiger partial charge in [-0.1, -0.05) is 11.6 Å². The number of nitrogens with one attached hydrogen (secondary N) is 2. The SMILES string of the molecule is Nc1nc(Cl)cc(Oc2ccc3[nH]ccc3c2)n1.Nc1nccc(Oc2ccc3[nH]ccc3c2)n1. The van der Waals surface area contributed by atoms with Crippen molar-refractivity contribution in [1.82, 2.24) is 29.9 Å². The number of anilines is 2. The van der Waals surface area contributed by atoms with E-state index < -0.39 is 0 Å². The van der Waals surface area contributed by atoms with Crippen molar-refractivity contribution in [2.75, 3.05) is 11.5 Å². The summed E-state index contributed by atoms with van der Waals surface area (Å²) in [4.78, 5) is 21.7. The number of nitrogen functional groups attached to an aromatic ring is 2. The predicted molar refractivity (Wildman–Crippen MR) is 135 cm³/mol. The lowest BCUT2D eigenvalue weighted by molar-refractivity contribution is 0.463. The van der Waals surface area contributed by atoms with Gasteiger partial charge in [0.05, 0.1) is 0 Å². The van der Waals surface area contributed by atoms with Gasteiger partial charge in [0.15, 0.2) is 0 Å². The number of hydrogen-bond acceptors (Lipinski definition) is 8. The van der Waals surface area contributed by atoms with E-state index in [4.69, 9.17) is 32.5 Å². The van der Waals surface area contributed by atoms with Crippen LogP contribution in [0, 0.1) is 0 Å². The van der Waals surface area contributed by atoms with Crippen LogP contribution < -0.4 is 20.9 Å². The van der Waals surface area contributed by atoms with Crippen molar-refractivity contribution in [3.05, 3.63) is 84.4 Å². The van der Waals surface area contributed by atoms with Gasteiger partial charge in [-0.15, -0.1) is 0 Å². The van der Waals surface area contributed by atoms with Crippen molar-refractivity contribution in [2.45, 2.75) is 0 Å². The topological polar surface area (TPSA) is 154 Å². The van der Waals surface area contributed by atoms with Crippen LogP contribution in [0.3, 0.4) is 0 Å². The Bertz CT molecular complexity index is 1590. The molecule has 0 radical (unpaired) electrons. The molecule has 0 saturated carbocycles. The number of benzene rings is 2. The second kappa shape index (κ2) is 9.57. The van der Waals surface area contributed by atoms with Crippen LogP contribution >= 0.6 is 11.6 Å². The maximum Gasteiger partial charge on any atom is 0.225 e. The van der Waals surface area contributed by atoms with Crippen LogP contribution in [0.15, 0.2) is 79.3 Å². The van der Waals surface area contributed by atoms with Crippen LogP contribution in [0.5, 0.6) is 23.3 Å². The fourth-order valence-electron chi connectivity index (χ4n) is 3.31. The molecule has 0 fully saturated rings. The Labute approximate surface area is 203 Å². The van der Waals surface area contributed by atoms with E-state index in [0.29, 0.717) is 17.5 Å². The Morgan fingerprint density at radius 2 is 1.26 bits per heavy atom. The number of nitrogens with two attached hydrogens (primary N) is 2. The van der Waals surface area contributed by atoms with Gasteiger partial charge in [0.25, 0.3) is 0 Å². The van der Waals surface area contributed by atoms with Crippen LogP contribution in [0.1, 0.15) is 0 Å². The molecule has 0 atom stereocenters. The second-order valence-corrected chi connectivity index (χ2v) is 7.69. The number of H-pyrrole nitrogens is 2. The van der Waals surface area contributed by atoms with E-state index in [1.54, 1.807) is 12.3 Å². The molecule has 174 valence electrons. The zero-order valence-electron chi connectivity index (χ0n) is 18.1. The van der Waals surface area contributed by atoms with Gasteiger partial charge in [-0.05, 0) is 48.5 Å². The first kappa shape index (κ1) is 22.0. The standard InChI is InChI=1S/C12H9ClN4O.C12H10N4O/c13-10-6-11(17-12(14)16-10)18-8-1-2-9-7(5-8)3-4-15-9;13-12-15-6-4-11(16-12)17-9-1-2-10-8(7-9)3-5-14-10/h1-6,15H,(H2,14,16,17);1-7,14H,(H2,13,15,16). The molecule has 6 N–H and O–H groups in total. The lowest BCUT2D eigenvalue weighted by atomic mass is 10.2. The van der Waals surface area contributed by atoms with Gasteiger partial charge in [0.2, 0.25) is 23.7 Å². The van der Waals surface area contributed by atoms with Gasteiger partial charge in [-0.3, -0.25) is 0 Å². The quantitative estimate of drug-likeness (QED) is 0.244. The first-order valence-corrected chi connectivity index (χ1v) is 10.8. The highest BCUT2D eigenvalue weighted by molar-refractivity contribution is 6.29. The molecular weight excluding hydrogens is 468 g/mol. The zero-order valence-corrected chi connectivity index (χ0v) is 18.9. The maximum atomic E-state index is 5.78. The number of fused-ring (bicyclic) bond motifs is 2. The molecule has 6 aromatic rings. The summed E-state index contributed by atoms with van der Waals surface area (Å²) in [6.07, 6.45) is 5.32. The predicted octanol–water partition coefficient (Wildman–Crippen LogP) is 5.32. The second-order valence-electron chi connectivity index (χ2n) is 7.30. The normalized spacial score (nSPS) is 10.7. The Morgan fingerprint density at radius 1 is 0.657 bits per heavy atom. The molecule has 6 rings (SSSR count). The van der Waals surface area contributed by atoms with E-state index in [0.717, 1.165) is 27.6 Å². The Hall–Kier alpha value is -4.83. The van der Waals surface area contributed by atoms with Crippen molar-refractivity contribution in [1.29, 1.82) is 0 Å². The molecule has 0 bridgehead atoms. The minimum Gasteiger partial charge on any atom is -0.439 e. The summed E-state index contributed by atoms with van der Waals surface area (Å²) in [6, 6.07) is 18.5. The van der Waals surface area contributed by atoms with Crippen molar-refractivity contribution >= 4 is 45.3 Å². The van der Waals surface area contributed by atoms with Gasteiger partial charge in [0.1, 0.15) is 16.7 Å². The van der Waals surface area contributed by atoms with E-state index in [-0.39, 0.29) is 17.0 Å². The van der Waals surface area contributed by atoms with E-state index in [9.17, 15) is 0 Å². The van der Waals surface area contributed by atoms with Crippen molar-refractivity contribution in [3.63, 3.8) is 0 Å². The van der Waals surface area contributed by atoms with Crippen molar-refractivity contribution in [2.24, 2.45) is 0 Å². The van der Waals surface area contributed by atoms with E-state index in [1.807, 2.05) is 60.9 Å². The van der Waals surface area contributed by atoms with Crippen LogP contribution in [-0.4, -0.2) is 29.9 Å². The lowest BCUT2D eigenvalue weighted by Crippen LogP contribution is -1.97. The highest BCUT2D eigenvalue weighted by Gasteiger charge is 2.05. The minimum absolute atomic E-state index is 0.0835. The fourth-order valence-corrected chi connectivity index (χ4v) is 3.49. The van der Waals surface area contributed by atoms with Crippen molar-refractivity contribution in [3.8, 4) is 23.3 Å². The smallest absolute Gasteiger partial charge is 0.225 e. The lowest BCUT2D eigenvalue weighted by Gasteiger charge is -2.05. The molecule has 4 heterocycles. The summed E-state index contributed by atoms with van der Waals surface area (Å²) >= 11 is 5.78. The monoisotopic (exact) mass is 486 g/mol. The minimum atomic E-state index is 0.0835. The van der Waals surface area contributed by atoms with Gasteiger partial charge < -0.3 is 30.9 Å². The Kier molecular flexibility index (Phi) is 6.01. The largest absolute Gasteiger partial charge is 0.439 e. The van der Waals surface area contributed by atoms with Gasteiger partial charge >= 0.3 is 0 Å². The molecular formula is C24H19ClN8O2. The van der Waals surface area contributed by atoms with Crippen LogP contribution in [0.25, 0.3) is 21.8 Å². The van der Waals surface area contributed by atoms with E-state index in [2.05, 4.69) is 29.9 Å².